The highest BCUT2D eigenvalue weighted by atomic mass is 35.5. The average molecular weight is 777 g/mol. The van der Waals surface area contributed by atoms with Gasteiger partial charge in [0.1, 0.15) is 22.9 Å². The maximum atomic E-state index is 13.7. The number of nitrogens with zero attached hydrogens (tertiary/aromatic N) is 4. The Balaban J connectivity index is 0.996. The SMILES string of the molecule is N=C1C([N+](=O)[O-])=CC(SNC(=O)c2ccc(N3CCN(CC4=C(c5ccc(Cl)cc5)CC5(CCC5)CC4)CC3)cc2Oc2cnc3[nH]ccc3c2)=C/C1=C/N. The van der Waals surface area contributed by atoms with Gasteiger partial charge in [0, 0.05) is 83.8 Å². The number of aromatic amines is 1. The van der Waals surface area contributed by atoms with Gasteiger partial charge < -0.3 is 20.4 Å². The van der Waals surface area contributed by atoms with Crippen LogP contribution in [-0.2, 0) is 0 Å². The summed E-state index contributed by atoms with van der Waals surface area (Å²) < 4.78 is 9.16. The molecule has 14 heteroatoms. The number of halogens is 1. The molecule has 8 rings (SSSR count). The van der Waals surface area contributed by atoms with Crippen LogP contribution in [0.5, 0.6) is 11.5 Å². The Hall–Kier alpha value is -5.37. The van der Waals surface area contributed by atoms with Crippen LogP contribution < -0.4 is 20.1 Å². The minimum Gasteiger partial charge on any atom is -0.455 e. The Morgan fingerprint density at radius 2 is 1.91 bits per heavy atom. The van der Waals surface area contributed by atoms with E-state index in [1.54, 1.807) is 24.0 Å². The number of ether oxygens (including phenoxy) is 1. The van der Waals surface area contributed by atoms with Gasteiger partial charge in [-0.05, 0) is 103 Å². The molecule has 282 valence electrons. The highest BCUT2D eigenvalue weighted by Gasteiger charge is 2.41. The molecule has 12 nitrogen and oxygen atoms in total. The van der Waals surface area contributed by atoms with Crippen molar-refractivity contribution >= 4 is 57.5 Å². The molecule has 4 aromatic rings. The Morgan fingerprint density at radius 1 is 1.11 bits per heavy atom. The van der Waals surface area contributed by atoms with Crippen LogP contribution in [0.1, 0.15) is 54.4 Å². The molecular weight excluding hydrogens is 736 g/mol. The van der Waals surface area contributed by atoms with Crippen molar-refractivity contribution in [2.45, 2.75) is 38.5 Å². The molecule has 3 heterocycles. The first-order valence-electron chi connectivity index (χ1n) is 18.4. The third-order valence-electron chi connectivity index (χ3n) is 11.3. The van der Waals surface area contributed by atoms with Crippen molar-refractivity contribution in [1.29, 1.82) is 5.41 Å². The second-order valence-corrected chi connectivity index (χ2v) is 15.9. The molecule has 0 atom stereocenters. The molecule has 5 N–H and O–H groups in total. The summed E-state index contributed by atoms with van der Waals surface area (Å²) in [6.07, 6.45) is 14.9. The molecule has 3 aliphatic carbocycles. The zero-order chi connectivity index (χ0) is 38.1. The summed E-state index contributed by atoms with van der Waals surface area (Å²) in [7, 11) is 0. The lowest BCUT2D eigenvalue weighted by Gasteiger charge is -2.47. The van der Waals surface area contributed by atoms with E-state index in [4.69, 9.17) is 27.5 Å². The Bertz CT molecular complexity index is 2300. The largest absolute Gasteiger partial charge is 0.455 e. The number of nitrogens with one attached hydrogen (secondary N) is 3. The van der Waals surface area contributed by atoms with Crippen LogP contribution in [0.3, 0.4) is 0 Å². The quantitative estimate of drug-likeness (QED) is 0.0705. The van der Waals surface area contributed by atoms with Crippen LogP contribution in [-0.4, -0.2) is 64.1 Å². The van der Waals surface area contributed by atoms with E-state index < -0.39 is 16.5 Å². The van der Waals surface area contributed by atoms with Gasteiger partial charge in [0.2, 0.25) is 0 Å². The lowest BCUT2D eigenvalue weighted by Crippen LogP contribution is -2.47. The number of amides is 1. The first kappa shape index (κ1) is 36.6. The summed E-state index contributed by atoms with van der Waals surface area (Å²) >= 11 is 7.17. The summed E-state index contributed by atoms with van der Waals surface area (Å²) in [4.78, 5) is 37.4. The van der Waals surface area contributed by atoms with Crippen LogP contribution >= 0.6 is 23.5 Å². The van der Waals surface area contributed by atoms with E-state index in [2.05, 4.69) is 36.6 Å². The van der Waals surface area contributed by atoms with Gasteiger partial charge in [0.25, 0.3) is 11.6 Å². The fraction of sp³-hybridized carbons (Fsp3) is 0.293. The molecular formula is C41H41ClN8O4S. The van der Waals surface area contributed by atoms with E-state index in [1.165, 1.54) is 49.0 Å². The number of pyridine rings is 1. The summed E-state index contributed by atoms with van der Waals surface area (Å²) in [5.74, 6) is 0.369. The predicted octanol–water partition coefficient (Wildman–Crippen LogP) is 8.24. The van der Waals surface area contributed by atoms with E-state index in [0.717, 1.165) is 85.5 Å². The smallest absolute Gasteiger partial charge is 0.295 e. The summed E-state index contributed by atoms with van der Waals surface area (Å²) in [6.45, 7) is 4.39. The number of H-pyrrole nitrogens is 1. The monoisotopic (exact) mass is 776 g/mol. The predicted molar refractivity (Wildman–Crippen MR) is 218 cm³/mol. The molecule has 1 aliphatic heterocycles. The summed E-state index contributed by atoms with van der Waals surface area (Å²) in [6, 6.07) is 17.7. The fourth-order valence-corrected chi connectivity index (χ4v) is 8.83. The minimum atomic E-state index is -0.642. The first-order valence-corrected chi connectivity index (χ1v) is 19.6. The molecule has 0 radical (unpaired) electrons. The van der Waals surface area contributed by atoms with Gasteiger partial charge in [-0.2, -0.15) is 0 Å². The average Bonchev–Trinajstić information content (AvgIpc) is 3.65. The number of hydrogen-bond acceptors (Lipinski definition) is 10. The third-order valence-corrected chi connectivity index (χ3v) is 12.3. The van der Waals surface area contributed by atoms with Crippen molar-refractivity contribution in [3.8, 4) is 11.5 Å². The van der Waals surface area contributed by atoms with E-state index in [9.17, 15) is 14.9 Å². The molecule has 1 amide bonds. The Morgan fingerprint density at radius 3 is 2.64 bits per heavy atom. The maximum Gasteiger partial charge on any atom is 0.295 e. The number of rotatable bonds is 10. The van der Waals surface area contributed by atoms with E-state index in [0.29, 0.717) is 21.8 Å². The Kier molecular flexibility index (Phi) is 10.2. The van der Waals surface area contributed by atoms with Crippen molar-refractivity contribution in [2.24, 2.45) is 11.1 Å². The number of fused-ring (bicyclic) bond motifs is 1. The molecule has 55 heavy (non-hydrogen) atoms. The number of anilines is 1. The van der Waals surface area contributed by atoms with Gasteiger partial charge in [0.05, 0.1) is 16.7 Å². The lowest BCUT2D eigenvalue weighted by atomic mass is 9.59. The van der Waals surface area contributed by atoms with Crippen molar-refractivity contribution in [1.82, 2.24) is 19.6 Å². The molecule has 1 spiro atoms. The van der Waals surface area contributed by atoms with Crippen LogP contribution in [0.4, 0.5) is 5.69 Å². The summed E-state index contributed by atoms with van der Waals surface area (Å²) in [5, 5.41) is 21.3. The fourth-order valence-electron chi connectivity index (χ4n) is 8.02. The second kappa shape index (κ2) is 15.4. The topological polar surface area (TPSA) is 166 Å². The van der Waals surface area contributed by atoms with Gasteiger partial charge in [0.15, 0.2) is 0 Å². The zero-order valence-corrected chi connectivity index (χ0v) is 31.7. The Labute approximate surface area is 327 Å². The number of piperazine rings is 1. The standard InChI is InChI=1S/C41H41ClN8O4S/c42-30-4-2-26(3-5-30)35-22-41(10-1-11-41)12-8-28(35)25-48-14-16-49(17-15-48)31-6-7-34(37(20-31)54-32-18-27-9-13-45-39(27)46-24-32)40(51)47-55-33-19-29(23-43)38(44)36(21-33)50(52)53/h2-7,9,13,18-21,23-24,44H,1,8,10-12,14-17,22,25,43H2,(H,45,46)(H,47,51)/b29-23-,44-38?. The number of benzene rings is 2. The number of nitro groups is 1. The number of aromatic nitrogens is 2. The molecule has 2 aromatic heterocycles. The molecule has 1 saturated heterocycles. The van der Waals surface area contributed by atoms with Crippen molar-refractivity contribution in [2.75, 3.05) is 37.6 Å². The van der Waals surface area contributed by atoms with Crippen LogP contribution in [0.25, 0.3) is 16.6 Å². The van der Waals surface area contributed by atoms with Gasteiger partial charge in [-0.15, -0.1) is 0 Å². The van der Waals surface area contributed by atoms with Crippen LogP contribution in [0, 0.1) is 20.9 Å². The summed E-state index contributed by atoms with van der Waals surface area (Å²) in [5.41, 5.74) is 11.9. The third kappa shape index (κ3) is 7.77. The van der Waals surface area contributed by atoms with Gasteiger partial charge >= 0.3 is 0 Å². The zero-order valence-electron chi connectivity index (χ0n) is 30.1. The highest BCUT2D eigenvalue weighted by molar-refractivity contribution is 8.02. The highest BCUT2D eigenvalue weighted by Crippen LogP contribution is 2.55. The van der Waals surface area contributed by atoms with Crippen molar-refractivity contribution < 1.29 is 14.5 Å². The number of allylic oxidation sites excluding steroid dienone is 4. The lowest BCUT2D eigenvalue weighted by molar-refractivity contribution is -0.415. The van der Waals surface area contributed by atoms with Gasteiger partial charge in [-0.25, -0.2) is 4.98 Å². The van der Waals surface area contributed by atoms with Crippen molar-refractivity contribution in [3.63, 3.8) is 0 Å². The van der Waals surface area contributed by atoms with E-state index in [1.807, 2.05) is 36.4 Å². The number of carbonyl (C=O) groups is 1. The van der Waals surface area contributed by atoms with Crippen molar-refractivity contribution in [3.05, 3.63) is 133 Å². The van der Waals surface area contributed by atoms with Gasteiger partial charge in [-0.3, -0.25) is 29.9 Å². The van der Waals surface area contributed by atoms with E-state index >= 15 is 0 Å². The molecule has 2 aromatic carbocycles. The minimum absolute atomic E-state index is 0.187. The first-order chi connectivity index (χ1) is 26.7. The number of nitrogens with two attached hydrogens (primary N) is 1. The molecule has 4 aliphatic rings. The maximum absolute atomic E-state index is 13.7. The number of carbonyl (C=O) groups excluding carboxylic acids is 1. The van der Waals surface area contributed by atoms with Gasteiger partial charge in [-0.1, -0.05) is 35.7 Å². The molecule has 0 unspecified atom stereocenters. The number of hydrogen-bond donors (Lipinski definition) is 4. The normalized spacial score (nSPS) is 19.3. The van der Waals surface area contributed by atoms with Crippen LogP contribution in [0.15, 0.2) is 107 Å². The molecule has 0 bridgehead atoms. The van der Waals surface area contributed by atoms with E-state index in [-0.39, 0.29) is 16.8 Å². The molecule has 2 fully saturated rings. The molecule has 1 saturated carbocycles. The van der Waals surface area contributed by atoms with Crippen LogP contribution in [0.2, 0.25) is 5.02 Å². The second-order valence-electron chi connectivity index (χ2n) is 14.6.